The van der Waals surface area contributed by atoms with Crippen LogP contribution in [0.3, 0.4) is 0 Å². The van der Waals surface area contributed by atoms with E-state index in [2.05, 4.69) is 10.6 Å². The zero-order valence-electron chi connectivity index (χ0n) is 15.4. The highest BCUT2D eigenvalue weighted by molar-refractivity contribution is 6.34. The summed E-state index contributed by atoms with van der Waals surface area (Å²) in [5.74, 6) is -0.520. The lowest BCUT2D eigenvalue weighted by Gasteiger charge is -2.10. The number of carbonyl (C=O) groups excluding carboxylic acids is 2. The number of hydrogen-bond acceptors (Lipinski definition) is 2. The molecule has 0 aliphatic carbocycles. The average Bonchev–Trinajstić information content (AvgIpc) is 2.75. The van der Waals surface area contributed by atoms with Crippen LogP contribution in [0.15, 0.2) is 91.0 Å². The van der Waals surface area contributed by atoms with Crippen LogP contribution in [0.4, 0.5) is 11.4 Å². The van der Waals surface area contributed by atoms with Gasteiger partial charge in [0.15, 0.2) is 0 Å². The van der Waals surface area contributed by atoms with E-state index in [1.54, 1.807) is 48.5 Å². The van der Waals surface area contributed by atoms with E-state index in [0.29, 0.717) is 21.8 Å². The first-order valence-corrected chi connectivity index (χ1v) is 9.45. The Morgan fingerprint density at radius 2 is 1.34 bits per heavy atom. The molecule has 2 N–H and O–H groups in total. The normalized spacial score (nSPS) is 10.5. The lowest BCUT2D eigenvalue weighted by molar-refractivity contribution is 0.102. The van der Waals surface area contributed by atoms with Crippen molar-refractivity contribution in [1.29, 1.82) is 0 Å². The molecule has 0 unspecified atom stereocenters. The van der Waals surface area contributed by atoms with Gasteiger partial charge in [-0.25, -0.2) is 0 Å². The van der Waals surface area contributed by atoms with Crippen LogP contribution in [0.2, 0.25) is 5.02 Å². The van der Waals surface area contributed by atoms with Crippen molar-refractivity contribution in [2.75, 3.05) is 10.6 Å². The van der Waals surface area contributed by atoms with Crippen molar-refractivity contribution in [3.8, 4) is 0 Å². The third-order valence-corrected chi connectivity index (χ3v) is 4.89. The summed E-state index contributed by atoms with van der Waals surface area (Å²) < 4.78 is 0. The second-order valence-electron chi connectivity index (χ2n) is 6.49. The molecule has 29 heavy (non-hydrogen) atoms. The van der Waals surface area contributed by atoms with Gasteiger partial charge >= 0.3 is 0 Å². The van der Waals surface area contributed by atoms with Gasteiger partial charge in [0, 0.05) is 22.3 Å². The Hall–Kier alpha value is -3.63. The summed E-state index contributed by atoms with van der Waals surface area (Å²) in [6, 6.07) is 27.2. The van der Waals surface area contributed by atoms with E-state index in [4.69, 9.17) is 11.6 Å². The number of carbonyl (C=O) groups is 2. The Balaban J connectivity index is 1.48. The molecule has 0 saturated carbocycles. The van der Waals surface area contributed by atoms with Crippen molar-refractivity contribution >= 4 is 45.6 Å². The molecular weight excluding hydrogens is 384 g/mol. The van der Waals surface area contributed by atoms with Gasteiger partial charge in [-0.15, -0.1) is 0 Å². The smallest absolute Gasteiger partial charge is 0.257 e. The molecule has 0 fully saturated rings. The minimum absolute atomic E-state index is 0.217. The summed E-state index contributed by atoms with van der Waals surface area (Å²) in [7, 11) is 0. The van der Waals surface area contributed by atoms with E-state index in [-0.39, 0.29) is 11.8 Å². The summed E-state index contributed by atoms with van der Waals surface area (Å²) >= 11 is 6.06. The van der Waals surface area contributed by atoms with Crippen LogP contribution in [0.1, 0.15) is 20.7 Å². The molecule has 0 radical (unpaired) electrons. The molecule has 142 valence electrons. The Labute approximate surface area is 173 Å². The summed E-state index contributed by atoms with van der Waals surface area (Å²) in [6.45, 7) is 0. The number of benzene rings is 4. The summed E-state index contributed by atoms with van der Waals surface area (Å²) in [5.41, 5.74) is 2.22. The molecule has 4 aromatic carbocycles. The van der Waals surface area contributed by atoms with Gasteiger partial charge in [-0.3, -0.25) is 9.59 Å². The number of hydrogen-bond donors (Lipinski definition) is 2. The first kappa shape index (κ1) is 18.7. The Morgan fingerprint density at radius 3 is 2.14 bits per heavy atom. The Bertz CT molecular complexity index is 1200. The second kappa shape index (κ2) is 8.17. The van der Waals surface area contributed by atoms with E-state index >= 15 is 0 Å². The van der Waals surface area contributed by atoms with Gasteiger partial charge < -0.3 is 10.6 Å². The van der Waals surface area contributed by atoms with Crippen molar-refractivity contribution in [3.63, 3.8) is 0 Å². The highest BCUT2D eigenvalue weighted by atomic mass is 35.5. The zero-order chi connectivity index (χ0) is 20.2. The highest BCUT2D eigenvalue weighted by Gasteiger charge is 2.11. The molecule has 5 heteroatoms. The number of fused-ring (bicyclic) bond motifs is 1. The molecule has 0 heterocycles. The number of rotatable bonds is 4. The fourth-order valence-electron chi connectivity index (χ4n) is 3.08. The largest absolute Gasteiger partial charge is 0.322 e. The fraction of sp³-hybridized carbons (Fsp3) is 0. The van der Waals surface area contributed by atoms with Gasteiger partial charge in [-0.05, 0) is 47.9 Å². The number of anilines is 2. The van der Waals surface area contributed by atoms with Gasteiger partial charge in [-0.2, -0.15) is 0 Å². The van der Waals surface area contributed by atoms with Gasteiger partial charge in [0.2, 0.25) is 0 Å². The molecule has 2 amide bonds. The minimum atomic E-state index is -0.302. The van der Waals surface area contributed by atoms with Crippen LogP contribution in [-0.4, -0.2) is 11.8 Å². The molecule has 4 rings (SSSR count). The number of halogens is 1. The highest BCUT2D eigenvalue weighted by Crippen LogP contribution is 2.24. The molecule has 0 aliphatic rings. The van der Waals surface area contributed by atoms with Crippen LogP contribution >= 0.6 is 11.6 Å². The number of nitrogens with one attached hydrogen (secondary N) is 2. The predicted molar refractivity (Wildman–Crippen MR) is 118 cm³/mol. The second-order valence-corrected chi connectivity index (χ2v) is 6.90. The van der Waals surface area contributed by atoms with Crippen molar-refractivity contribution in [1.82, 2.24) is 0 Å². The number of amides is 2. The standard InChI is InChI=1S/C24H17ClN2O2/c25-21-10-4-3-9-20(21)24(29)26-18-14-12-17(13-15-18)23(28)27-22-11-5-7-16-6-1-2-8-19(16)22/h1-15H,(H,26,29)(H,27,28). The molecule has 4 nitrogen and oxygen atoms in total. The topological polar surface area (TPSA) is 58.2 Å². The van der Waals surface area contributed by atoms with E-state index < -0.39 is 0 Å². The van der Waals surface area contributed by atoms with E-state index in [9.17, 15) is 9.59 Å². The summed E-state index contributed by atoms with van der Waals surface area (Å²) in [6.07, 6.45) is 0. The summed E-state index contributed by atoms with van der Waals surface area (Å²) in [5, 5.41) is 8.16. The van der Waals surface area contributed by atoms with Crippen LogP contribution in [0, 0.1) is 0 Å². The Morgan fingerprint density at radius 1 is 0.655 bits per heavy atom. The first-order chi connectivity index (χ1) is 14.1. The fourth-order valence-corrected chi connectivity index (χ4v) is 3.30. The third kappa shape index (κ3) is 4.13. The molecule has 0 atom stereocenters. The average molecular weight is 401 g/mol. The maximum Gasteiger partial charge on any atom is 0.257 e. The molecule has 0 saturated heterocycles. The molecular formula is C24H17ClN2O2. The Kier molecular flexibility index (Phi) is 5.27. The van der Waals surface area contributed by atoms with E-state index in [1.807, 2.05) is 42.5 Å². The molecule has 0 aliphatic heterocycles. The van der Waals surface area contributed by atoms with Gasteiger partial charge in [0.25, 0.3) is 11.8 Å². The van der Waals surface area contributed by atoms with Crippen molar-refractivity contribution in [3.05, 3.63) is 107 Å². The van der Waals surface area contributed by atoms with Gasteiger partial charge in [-0.1, -0.05) is 60.1 Å². The van der Waals surface area contributed by atoms with Crippen molar-refractivity contribution < 1.29 is 9.59 Å². The van der Waals surface area contributed by atoms with Crippen LogP contribution in [-0.2, 0) is 0 Å². The van der Waals surface area contributed by atoms with E-state index in [0.717, 1.165) is 16.5 Å². The molecule has 0 bridgehead atoms. The van der Waals surface area contributed by atoms with Crippen LogP contribution in [0.25, 0.3) is 10.8 Å². The van der Waals surface area contributed by atoms with Crippen LogP contribution < -0.4 is 10.6 Å². The molecule has 0 aromatic heterocycles. The first-order valence-electron chi connectivity index (χ1n) is 9.07. The predicted octanol–water partition coefficient (Wildman–Crippen LogP) is 6.00. The maximum absolute atomic E-state index is 12.6. The van der Waals surface area contributed by atoms with Gasteiger partial charge in [0.05, 0.1) is 10.6 Å². The lowest BCUT2D eigenvalue weighted by atomic mass is 10.1. The van der Waals surface area contributed by atoms with Crippen molar-refractivity contribution in [2.45, 2.75) is 0 Å². The summed E-state index contributed by atoms with van der Waals surface area (Å²) in [4.78, 5) is 25.0. The maximum atomic E-state index is 12.6. The SMILES string of the molecule is O=C(Nc1cccc2ccccc12)c1ccc(NC(=O)c2ccccc2Cl)cc1. The zero-order valence-corrected chi connectivity index (χ0v) is 16.1. The van der Waals surface area contributed by atoms with Crippen molar-refractivity contribution in [2.24, 2.45) is 0 Å². The van der Waals surface area contributed by atoms with Gasteiger partial charge in [0.1, 0.15) is 0 Å². The third-order valence-electron chi connectivity index (χ3n) is 4.56. The lowest BCUT2D eigenvalue weighted by Crippen LogP contribution is -2.14. The van der Waals surface area contributed by atoms with Crippen LogP contribution in [0.5, 0.6) is 0 Å². The monoisotopic (exact) mass is 400 g/mol. The molecule has 0 spiro atoms. The van der Waals surface area contributed by atoms with E-state index in [1.165, 1.54) is 0 Å². The molecule has 4 aromatic rings. The minimum Gasteiger partial charge on any atom is -0.322 e. The quantitative estimate of drug-likeness (QED) is 0.441.